The van der Waals surface area contributed by atoms with Crippen molar-refractivity contribution in [1.82, 2.24) is 9.97 Å². The molecule has 0 atom stereocenters. The van der Waals surface area contributed by atoms with Gasteiger partial charge in [-0.15, -0.1) is 0 Å². The van der Waals surface area contributed by atoms with Crippen molar-refractivity contribution in [2.75, 3.05) is 12.8 Å². The van der Waals surface area contributed by atoms with E-state index in [1.807, 2.05) is 6.07 Å². The van der Waals surface area contributed by atoms with Crippen LogP contribution in [0.3, 0.4) is 0 Å². The molecule has 1 fully saturated rings. The number of rotatable bonds is 4. The zero-order chi connectivity index (χ0) is 13.0. The number of hydrogen-bond donors (Lipinski definition) is 1. The molecule has 1 saturated carbocycles. The fourth-order valence-corrected chi connectivity index (χ4v) is 2.75. The van der Waals surface area contributed by atoms with Gasteiger partial charge < -0.3 is 10.5 Å². The molecule has 0 amide bonds. The van der Waals surface area contributed by atoms with Crippen molar-refractivity contribution in [2.45, 2.75) is 57.5 Å². The summed E-state index contributed by atoms with van der Waals surface area (Å²) in [5.74, 6) is 1.35. The molecule has 0 saturated heterocycles. The van der Waals surface area contributed by atoms with Gasteiger partial charge in [-0.05, 0) is 19.3 Å². The molecule has 2 rings (SSSR count). The van der Waals surface area contributed by atoms with E-state index in [2.05, 4.69) is 16.9 Å². The van der Waals surface area contributed by atoms with Crippen LogP contribution in [0.15, 0.2) is 6.07 Å². The second kappa shape index (κ2) is 5.65. The number of methoxy groups -OCH3 is 1. The molecule has 1 heterocycles. The summed E-state index contributed by atoms with van der Waals surface area (Å²) < 4.78 is 5.77. The standard InChI is InChI=1S/C14H23N3O/c1-3-7-11-10-12(15)17-13(16-11)14(18-2)8-5-4-6-9-14/h10H,3-9H2,1-2H3,(H2,15,16,17). The maximum atomic E-state index is 5.90. The van der Waals surface area contributed by atoms with Gasteiger partial charge in [-0.2, -0.15) is 0 Å². The predicted octanol–water partition coefficient (Wildman–Crippen LogP) is 2.82. The number of nitrogen functional groups attached to an aromatic ring is 1. The average Bonchev–Trinajstić information content (AvgIpc) is 2.39. The highest BCUT2D eigenvalue weighted by molar-refractivity contribution is 5.31. The van der Waals surface area contributed by atoms with Crippen LogP contribution in [0.2, 0.25) is 0 Å². The minimum Gasteiger partial charge on any atom is -0.384 e. The monoisotopic (exact) mass is 249 g/mol. The first-order valence-electron chi connectivity index (χ1n) is 6.89. The van der Waals surface area contributed by atoms with Crippen molar-refractivity contribution in [3.05, 3.63) is 17.6 Å². The zero-order valence-corrected chi connectivity index (χ0v) is 11.4. The third-order valence-electron chi connectivity index (χ3n) is 3.76. The summed E-state index contributed by atoms with van der Waals surface area (Å²) in [5.41, 5.74) is 6.62. The van der Waals surface area contributed by atoms with Crippen molar-refractivity contribution >= 4 is 5.82 Å². The van der Waals surface area contributed by atoms with Gasteiger partial charge in [0.05, 0.1) is 0 Å². The number of nitrogens with zero attached hydrogens (tertiary/aromatic N) is 2. The molecular formula is C14H23N3O. The molecule has 1 aliphatic carbocycles. The highest BCUT2D eigenvalue weighted by Gasteiger charge is 2.37. The summed E-state index contributed by atoms with van der Waals surface area (Å²) in [5, 5.41) is 0. The van der Waals surface area contributed by atoms with E-state index >= 15 is 0 Å². The van der Waals surface area contributed by atoms with Crippen molar-refractivity contribution in [3.63, 3.8) is 0 Å². The quantitative estimate of drug-likeness (QED) is 0.891. The molecule has 0 unspecified atom stereocenters. The van der Waals surface area contributed by atoms with E-state index in [1.54, 1.807) is 7.11 Å². The third kappa shape index (κ3) is 2.64. The molecule has 0 spiro atoms. The van der Waals surface area contributed by atoms with E-state index in [-0.39, 0.29) is 5.60 Å². The molecule has 0 radical (unpaired) electrons. The Morgan fingerprint density at radius 1 is 1.28 bits per heavy atom. The first kappa shape index (κ1) is 13.3. The summed E-state index contributed by atoms with van der Waals surface area (Å²) in [6, 6.07) is 1.87. The Kier molecular flexibility index (Phi) is 4.17. The van der Waals surface area contributed by atoms with E-state index in [0.29, 0.717) is 5.82 Å². The average molecular weight is 249 g/mol. The lowest BCUT2D eigenvalue weighted by molar-refractivity contribution is -0.0515. The molecule has 0 aliphatic heterocycles. The summed E-state index contributed by atoms with van der Waals surface area (Å²) in [4.78, 5) is 9.10. The normalized spacial score (nSPS) is 18.8. The van der Waals surface area contributed by atoms with Gasteiger partial charge in [-0.25, -0.2) is 9.97 Å². The van der Waals surface area contributed by atoms with Crippen LogP contribution in [0.1, 0.15) is 57.0 Å². The highest BCUT2D eigenvalue weighted by Crippen LogP contribution is 2.38. The van der Waals surface area contributed by atoms with E-state index in [1.165, 1.54) is 19.3 Å². The Morgan fingerprint density at radius 3 is 2.61 bits per heavy atom. The third-order valence-corrected chi connectivity index (χ3v) is 3.76. The summed E-state index contributed by atoms with van der Waals surface area (Å²) in [7, 11) is 1.76. The van der Waals surface area contributed by atoms with E-state index in [4.69, 9.17) is 10.5 Å². The van der Waals surface area contributed by atoms with Gasteiger partial charge in [0.2, 0.25) is 0 Å². The number of hydrogen-bond acceptors (Lipinski definition) is 4. The lowest BCUT2D eigenvalue weighted by Gasteiger charge is -2.34. The van der Waals surface area contributed by atoms with Gasteiger partial charge in [0.25, 0.3) is 0 Å². The van der Waals surface area contributed by atoms with Gasteiger partial charge in [0.15, 0.2) is 5.82 Å². The predicted molar refractivity (Wildman–Crippen MR) is 72.2 cm³/mol. The van der Waals surface area contributed by atoms with Crippen LogP contribution in [-0.2, 0) is 16.8 Å². The maximum absolute atomic E-state index is 5.90. The van der Waals surface area contributed by atoms with Gasteiger partial charge >= 0.3 is 0 Å². The molecule has 0 bridgehead atoms. The first-order chi connectivity index (χ1) is 8.70. The molecule has 2 N–H and O–H groups in total. The Hall–Kier alpha value is -1.16. The molecular weight excluding hydrogens is 226 g/mol. The Bertz CT molecular complexity index is 400. The summed E-state index contributed by atoms with van der Waals surface area (Å²) in [6.07, 6.45) is 7.63. The highest BCUT2D eigenvalue weighted by atomic mass is 16.5. The van der Waals surface area contributed by atoms with Crippen LogP contribution in [0, 0.1) is 0 Å². The van der Waals surface area contributed by atoms with Crippen molar-refractivity contribution in [2.24, 2.45) is 0 Å². The molecule has 4 heteroatoms. The molecule has 1 aromatic rings. The molecule has 0 aromatic carbocycles. The van der Waals surface area contributed by atoms with E-state index < -0.39 is 0 Å². The first-order valence-corrected chi connectivity index (χ1v) is 6.89. The van der Waals surface area contributed by atoms with Crippen molar-refractivity contribution in [1.29, 1.82) is 0 Å². The second-order valence-electron chi connectivity index (χ2n) is 5.12. The summed E-state index contributed by atoms with van der Waals surface area (Å²) in [6.45, 7) is 2.14. The van der Waals surface area contributed by atoms with Crippen LogP contribution >= 0.6 is 0 Å². The van der Waals surface area contributed by atoms with Gasteiger partial charge in [0, 0.05) is 18.9 Å². The maximum Gasteiger partial charge on any atom is 0.162 e. The number of ether oxygens (including phenoxy) is 1. The largest absolute Gasteiger partial charge is 0.384 e. The van der Waals surface area contributed by atoms with Crippen LogP contribution in [0.25, 0.3) is 0 Å². The van der Waals surface area contributed by atoms with Crippen molar-refractivity contribution in [3.8, 4) is 0 Å². The van der Waals surface area contributed by atoms with E-state index in [9.17, 15) is 0 Å². The number of aromatic nitrogens is 2. The minimum atomic E-state index is -0.309. The number of anilines is 1. The lowest BCUT2D eigenvalue weighted by Crippen LogP contribution is -2.33. The van der Waals surface area contributed by atoms with Gasteiger partial charge in [-0.3, -0.25) is 0 Å². The Morgan fingerprint density at radius 2 is 2.00 bits per heavy atom. The smallest absolute Gasteiger partial charge is 0.162 e. The molecule has 1 aromatic heterocycles. The SMILES string of the molecule is CCCc1cc(N)nc(C2(OC)CCCCC2)n1. The van der Waals surface area contributed by atoms with Crippen LogP contribution in [-0.4, -0.2) is 17.1 Å². The van der Waals surface area contributed by atoms with Crippen LogP contribution in [0.4, 0.5) is 5.82 Å². The van der Waals surface area contributed by atoms with Crippen LogP contribution in [0.5, 0.6) is 0 Å². The van der Waals surface area contributed by atoms with E-state index in [0.717, 1.165) is 37.2 Å². The van der Waals surface area contributed by atoms with Crippen LogP contribution < -0.4 is 5.73 Å². The Labute approximate surface area is 109 Å². The fraction of sp³-hybridized carbons (Fsp3) is 0.714. The lowest BCUT2D eigenvalue weighted by atomic mass is 9.84. The molecule has 18 heavy (non-hydrogen) atoms. The number of aryl methyl sites for hydroxylation is 1. The molecule has 4 nitrogen and oxygen atoms in total. The molecule has 1 aliphatic rings. The fourth-order valence-electron chi connectivity index (χ4n) is 2.75. The zero-order valence-electron chi connectivity index (χ0n) is 11.4. The second-order valence-corrected chi connectivity index (χ2v) is 5.12. The Balaban J connectivity index is 2.34. The van der Waals surface area contributed by atoms with Gasteiger partial charge in [0.1, 0.15) is 11.4 Å². The number of nitrogens with two attached hydrogens (primary N) is 1. The topological polar surface area (TPSA) is 61.0 Å². The van der Waals surface area contributed by atoms with Gasteiger partial charge in [-0.1, -0.05) is 32.6 Å². The summed E-state index contributed by atoms with van der Waals surface area (Å²) >= 11 is 0. The molecule has 100 valence electrons. The van der Waals surface area contributed by atoms with Crippen molar-refractivity contribution < 1.29 is 4.74 Å². The minimum absolute atomic E-state index is 0.309.